The molecule has 180 valence electrons. The van der Waals surface area contributed by atoms with Crippen LogP contribution in [0.3, 0.4) is 0 Å². The average Bonchev–Trinajstić information content (AvgIpc) is 3.21. The maximum atomic E-state index is 13.5. The number of nitrogens with one attached hydrogen (secondary N) is 1. The summed E-state index contributed by atoms with van der Waals surface area (Å²) in [5, 5.41) is 6.53. The van der Waals surface area contributed by atoms with Crippen LogP contribution in [0.1, 0.15) is 18.9 Å². The number of halogens is 6. The first-order valence-electron chi connectivity index (χ1n) is 9.44. The SMILES string of the molecule is CC1(C(N)=O)C(=O)Nc2nc(-c3nn(CCC(F)(F)C(F)(F)F)c4nc(Cl)ccc34)nc(N)c21. The van der Waals surface area contributed by atoms with Crippen LogP contribution >= 0.6 is 11.6 Å². The standard InChI is InChI=1S/C18H14ClF5N8O2/c1-16(14(26)33)8-10(25)28-12(29-11(8)30-15(16)34)9-6-2-3-7(19)27-13(6)32(31-9)5-4-17(20,21)18(22,23)24/h2-3H,4-5H2,1H3,(H2,26,33)(H3,25,28,29,30,34). The van der Waals surface area contributed by atoms with E-state index in [-0.39, 0.29) is 44.9 Å². The second-order valence-electron chi connectivity index (χ2n) is 7.63. The molecule has 5 N–H and O–H groups in total. The maximum absolute atomic E-state index is 13.5. The minimum absolute atomic E-state index is 0.0523. The van der Waals surface area contributed by atoms with Gasteiger partial charge in [-0.3, -0.25) is 9.59 Å². The molecular weight excluding hydrogens is 491 g/mol. The van der Waals surface area contributed by atoms with E-state index in [2.05, 4.69) is 25.4 Å². The van der Waals surface area contributed by atoms with Crippen molar-refractivity contribution in [2.24, 2.45) is 5.73 Å². The Morgan fingerprint density at radius 3 is 2.50 bits per heavy atom. The Bertz CT molecular complexity index is 1360. The predicted molar refractivity (Wildman–Crippen MR) is 109 cm³/mol. The number of aromatic nitrogens is 5. The largest absolute Gasteiger partial charge is 0.453 e. The number of aryl methyl sites for hydroxylation is 1. The second-order valence-corrected chi connectivity index (χ2v) is 8.02. The molecule has 0 aromatic carbocycles. The minimum Gasteiger partial charge on any atom is -0.383 e. The molecule has 16 heteroatoms. The highest BCUT2D eigenvalue weighted by molar-refractivity contribution is 6.29. The molecular formula is C18H14ClF5N8O2. The van der Waals surface area contributed by atoms with E-state index in [0.29, 0.717) is 0 Å². The fourth-order valence-electron chi connectivity index (χ4n) is 3.49. The van der Waals surface area contributed by atoms with Crippen LogP contribution in [0.4, 0.5) is 33.6 Å². The number of anilines is 2. The molecule has 1 unspecified atom stereocenters. The fourth-order valence-corrected chi connectivity index (χ4v) is 3.63. The van der Waals surface area contributed by atoms with Crippen molar-refractivity contribution >= 4 is 46.1 Å². The van der Waals surface area contributed by atoms with Gasteiger partial charge in [-0.15, -0.1) is 0 Å². The molecule has 3 aromatic heterocycles. The summed E-state index contributed by atoms with van der Waals surface area (Å²) >= 11 is 5.86. The zero-order valence-corrected chi connectivity index (χ0v) is 17.8. The summed E-state index contributed by atoms with van der Waals surface area (Å²) < 4.78 is 65.5. The Morgan fingerprint density at radius 2 is 1.88 bits per heavy atom. The van der Waals surface area contributed by atoms with Crippen LogP contribution in [0.25, 0.3) is 22.6 Å². The Labute approximate surface area is 191 Å². The topological polar surface area (TPSA) is 155 Å². The number of hydrogen-bond donors (Lipinski definition) is 3. The van der Waals surface area contributed by atoms with Gasteiger partial charge < -0.3 is 16.8 Å². The van der Waals surface area contributed by atoms with Gasteiger partial charge >= 0.3 is 12.1 Å². The van der Waals surface area contributed by atoms with Crippen molar-refractivity contribution in [2.75, 3.05) is 11.1 Å². The zero-order chi connectivity index (χ0) is 25.2. The first-order chi connectivity index (χ1) is 15.7. The zero-order valence-electron chi connectivity index (χ0n) is 17.0. The molecule has 0 fully saturated rings. The lowest BCUT2D eigenvalue weighted by Crippen LogP contribution is -2.44. The molecule has 4 rings (SSSR count). The number of carbonyl (C=O) groups is 2. The highest BCUT2D eigenvalue weighted by atomic mass is 35.5. The lowest BCUT2D eigenvalue weighted by Gasteiger charge is -2.19. The molecule has 0 saturated heterocycles. The van der Waals surface area contributed by atoms with Gasteiger partial charge in [0.2, 0.25) is 11.8 Å². The number of rotatable bonds is 5. The number of primary amides is 1. The van der Waals surface area contributed by atoms with Crippen molar-refractivity contribution in [3.8, 4) is 11.5 Å². The molecule has 0 radical (unpaired) electrons. The van der Waals surface area contributed by atoms with E-state index >= 15 is 0 Å². The molecule has 1 aliphatic heterocycles. The Hall–Kier alpha value is -3.62. The summed E-state index contributed by atoms with van der Waals surface area (Å²) in [6.07, 6.45) is -7.35. The van der Waals surface area contributed by atoms with Gasteiger partial charge in [-0.05, 0) is 19.1 Å². The molecule has 34 heavy (non-hydrogen) atoms. The van der Waals surface area contributed by atoms with E-state index in [1.807, 2.05) is 0 Å². The molecule has 2 amide bonds. The van der Waals surface area contributed by atoms with Gasteiger partial charge in [-0.1, -0.05) is 11.6 Å². The van der Waals surface area contributed by atoms with Gasteiger partial charge in [-0.2, -0.15) is 27.1 Å². The average molecular weight is 505 g/mol. The van der Waals surface area contributed by atoms with Crippen LogP contribution in [0.2, 0.25) is 5.15 Å². The van der Waals surface area contributed by atoms with Crippen molar-refractivity contribution in [2.45, 2.75) is 37.4 Å². The maximum Gasteiger partial charge on any atom is 0.453 e. The third-order valence-electron chi connectivity index (χ3n) is 5.44. The van der Waals surface area contributed by atoms with Gasteiger partial charge in [0.25, 0.3) is 0 Å². The summed E-state index contributed by atoms with van der Waals surface area (Å²) in [4.78, 5) is 36.4. The molecule has 4 heterocycles. The Kier molecular flexibility index (Phi) is 5.15. The summed E-state index contributed by atoms with van der Waals surface area (Å²) in [5.74, 6) is -7.37. The normalized spacial score (nSPS) is 18.3. The van der Waals surface area contributed by atoms with Crippen LogP contribution in [0.15, 0.2) is 12.1 Å². The molecule has 0 bridgehead atoms. The van der Waals surface area contributed by atoms with Gasteiger partial charge in [0.05, 0.1) is 10.9 Å². The van der Waals surface area contributed by atoms with Crippen molar-refractivity contribution in [1.82, 2.24) is 24.7 Å². The number of fused-ring (bicyclic) bond motifs is 2. The lowest BCUT2D eigenvalue weighted by atomic mass is 9.84. The van der Waals surface area contributed by atoms with E-state index in [1.54, 1.807) is 0 Å². The van der Waals surface area contributed by atoms with Gasteiger partial charge in [-0.25, -0.2) is 19.6 Å². The summed E-state index contributed by atoms with van der Waals surface area (Å²) in [6.45, 7) is 0.375. The van der Waals surface area contributed by atoms with E-state index in [9.17, 15) is 31.5 Å². The van der Waals surface area contributed by atoms with Crippen LogP contribution in [-0.4, -0.2) is 48.6 Å². The number of pyridine rings is 1. The van der Waals surface area contributed by atoms with Crippen molar-refractivity contribution in [1.29, 1.82) is 0 Å². The molecule has 1 aliphatic rings. The molecule has 0 aliphatic carbocycles. The Morgan fingerprint density at radius 1 is 1.21 bits per heavy atom. The monoisotopic (exact) mass is 504 g/mol. The highest BCUT2D eigenvalue weighted by Gasteiger charge is 2.57. The number of hydrogen-bond acceptors (Lipinski definition) is 7. The predicted octanol–water partition coefficient (Wildman–Crippen LogP) is 2.41. The summed E-state index contributed by atoms with van der Waals surface area (Å²) in [6, 6.07) is 2.73. The lowest BCUT2D eigenvalue weighted by molar-refractivity contribution is -0.285. The van der Waals surface area contributed by atoms with Crippen LogP contribution in [0, 0.1) is 0 Å². The van der Waals surface area contributed by atoms with Crippen LogP contribution in [0.5, 0.6) is 0 Å². The van der Waals surface area contributed by atoms with E-state index in [1.165, 1.54) is 19.1 Å². The van der Waals surface area contributed by atoms with Crippen LogP contribution in [-0.2, 0) is 21.5 Å². The second kappa shape index (κ2) is 7.44. The van der Waals surface area contributed by atoms with E-state index < -0.39 is 42.3 Å². The number of nitrogen functional groups attached to an aromatic ring is 1. The van der Waals surface area contributed by atoms with Crippen molar-refractivity contribution in [3.05, 3.63) is 22.8 Å². The number of carbonyl (C=O) groups excluding carboxylic acids is 2. The summed E-state index contributed by atoms with van der Waals surface area (Å²) in [5.41, 5.74) is 9.27. The highest BCUT2D eigenvalue weighted by Crippen LogP contribution is 2.41. The third-order valence-corrected chi connectivity index (χ3v) is 5.65. The quantitative estimate of drug-likeness (QED) is 0.274. The number of nitrogens with two attached hydrogens (primary N) is 2. The smallest absolute Gasteiger partial charge is 0.383 e. The number of nitrogens with zero attached hydrogens (tertiary/aromatic N) is 5. The van der Waals surface area contributed by atoms with Gasteiger partial charge in [0, 0.05) is 13.0 Å². The van der Waals surface area contributed by atoms with Crippen LogP contribution < -0.4 is 16.8 Å². The Balaban J connectivity index is 1.83. The number of amides is 2. The van der Waals surface area contributed by atoms with Gasteiger partial charge in [0.1, 0.15) is 22.5 Å². The minimum atomic E-state index is -5.74. The molecule has 0 spiro atoms. The first kappa shape index (κ1) is 23.5. The molecule has 1 atom stereocenters. The van der Waals surface area contributed by atoms with Gasteiger partial charge in [0.15, 0.2) is 16.9 Å². The summed E-state index contributed by atoms with van der Waals surface area (Å²) in [7, 11) is 0. The fraction of sp³-hybridized carbons (Fsp3) is 0.333. The van der Waals surface area contributed by atoms with E-state index in [0.717, 1.165) is 4.68 Å². The van der Waals surface area contributed by atoms with Crippen molar-refractivity contribution in [3.63, 3.8) is 0 Å². The third kappa shape index (κ3) is 3.46. The van der Waals surface area contributed by atoms with Crippen molar-refractivity contribution < 1.29 is 31.5 Å². The number of alkyl halides is 5. The molecule has 0 saturated carbocycles. The first-order valence-corrected chi connectivity index (χ1v) is 9.82. The van der Waals surface area contributed by atoms with E-state index in [4.69, 9.17) is 23.1 Å². The molecule has 3 aromatic rings. The molecule has 10 nitrogen and oxygen atoms in total.